The van der Waals surface area contributed by atoms with E-state index in [1.54, 1.807) is 53.0 Å². The largest absolute Gasteiger partial charge is 0.496 e. The second-order valence-corrected chi connectivity index (χ2v) is 21.9. The van der Waals surface area contributed by atoms with E-state index < -0.39 is 85.1 Å². The number of nitrogens with one attached hydrogen (secondary N) is 3. The quantitative estimate of drug-likeness (QED) is 0.105. The number of benzene rings is 2. The van der Waals surface area contributed by atoms with Crippen LogP contribution >= 0.6 is 11.3 Å². The molecule has 3 amide bonds. The van der Waals surface area contributed by atoms with Crippen LogP contribution in [0.15, 0.2) is 41.8 Å². The van der Waals surface area contributed by atoms with E-state index in [0.717, 1.165) is 17.3 Å². The molecule has 5 atom stereocenters. The van der Waals surface area contributed by atoms with Crippen LogP contribution in [-0.2, 0) is 30.6 Å². The van der Waals surface area contributed by atoms with Gasteiger partial charge in [-0.3, -0.25) is 19.1 Å². The zero-order valence-corrected chi connectivity index (χ0v) is 38.8. The number of nitrogens with zero attached hydrogens (tertiary/aromatic N) is 3. The summed E-state index contributed by atoms with van der Waals surface area (Å²) in [6.45, 7) is 14.2. The van der Waals surface area contributed by atoms with Gasteiger partial charge in [0.15, 0.2) is 0 Å². The van der Waals surface area contributed by atoms with E-state index >= 15 is 0 Å². The number of anilines is 1. The highest BCUT2D eigenvalue weighted by Gasteiger charge is 2.63. The first-order valence-corrected chi connectivity index (χ1v) is 23.6. The summed E-state index contributed by atoms with van der Waals surface area (Å²) >= 11 is 1.42. The van der Waals surface area contributed by atoms with Crippen molar-refractivity contribution in [1.82, 2.24) is 24.9 Å². The topological polar surface area (TPSA) is 169 Å². The molecule has 0 unspecified atom stereocenters. The summed E-state index contributed by atoms with van der Waals surface area (Å²) in [5.41, 5.74) is -1.54. The summed E-state index contributed by atoms with van der Waals surface area (Å²) in [6, 6.07) is 5.13. The molecule has 2 aromatic carbocycles. The van der Waals surface area contributed by atoms with Gasteiger partial charge in [-0.25, -0.2) is 22.8 Å². The number of ether oxygens (including phenoxy) is 2. The minimum atomic E-state index is -5.01. The number of fused-ring (bicyclic) bond motifs is 1. The second-order valence-electron chi connectivity index (χ2n) is 18.8. The first kappa shape index (κ1) is 46.9. The Morgan fingerprint density at radius 2 is 1.75 bits per heavy atom. The number of aromatic nitrogens is 2. The highest BCUT2D eigenvalue weighted by Crippen LogP contribution is 2.48. The number of methoxy groups -OCH3 is 1. The highest BCUT2D eigenvalue weighted by molar-refractivity contribution is 7.91. The molecule has 2 saturated carbocycles. The van der Waals surface area contributed by atoms with Crippen LogP contribution in [0.25, 0.3) is 21.6 Å². The Labute approximate surface area is 374 Å². The van der Waals surface area contributed by atoms with Crippen LogP contribution in [0.3, 0.4) is 0 Å². The average Bonchev–Trinajstić information content (AvgIpc) is 4.00. The van der Waals surface area contributed by atoms with Crippen molar-refractivity contribution < 1.29 is 49.8 Å². The SMILES string of the molecule is CC[C@@H]1C[C@]1(NC(=O)[C@@H]1C[C@@H](Oc2cc(-c3nc(C(C)C)cs3)nc3c(C)c(OC)ccc23)CN1C(=O)[C@@H](Nc1ccc(F)c(C(F)(F)F)c1)C(C)(C)C)C(=O)NS(=O)(=O)C1(C)CC1. The zero-order valence-electron chi connectivity index (χ0n) is 37.2. The van der Waals surface area contributed by atoms with E-state index in [0.29, 0.717) is 64.5 Å². The van der Waals surface area contributed by atoms with Crippen molar-refractivity contribution in [3.63, 3.8) is 0 Å². The van der Waals surface area contributed by atoms with Gasteiger partial charge in [0.05, 0.1) is 35.2 Å². The van der Waals surface area contributed by atoms with Gasteiger partial charge in [-0.15, -0.1) is 11.3 Å². The fraction of sp³-hybridized carbons (Fsp3) is 0.533. The van der Waals surface area contributed by atoms with Crippen LogP contribution in [-0.4, -0.2) is 83.1 Å². The van der Waals surface area contributed by atoms with Gasteiger partial charge in [0.25, 0.3) is 5.91 Å². The van der Waals surface area contributed by atoms with Gasteiger partial charge in [0, 0.05) is 34.5 Å². The molecule has 3 heterocycles. The summed E-state index contributed by atoms with van der Waals surface area (Å²) in [7, 11) is -2.51. The zero-order chi connectivity index (χ0) is 46.9. The second kappa shape index (κ2) is 16.7. The summed E-state index contributed by atoms with van der Waals surface area (Å²) in [6.07, 6.45) is -4.58. The number of alkyl halides is 3. The third kappa shape index (κ3) is 8.98. The molecule has 3 aliphatic rings. The third-order valence-corrected chi connectivity index (χ3v) is 15.8. The van der Waals surface area contributed by atoms with Crippen LogP contribution in [0, 0.1) is 24.1 Å². The van der Waals surface area contributed by atoms with E-state index in [2.05, 4.69) is 15.4 Å². The molecule has 3 fully saturated rings. The molecule has 2 aromatic heterocycles. The van der Waals surface area contributed by atoms with Crippen LogP contribution in [0.4, 0.5) is 23.2 Å². The van der Waals surface area contributed by atoms with Gasteiger partial charge >= 0.3 is 6.18 Å². The fourth-order valence-electron chi connectivity index (χ4n) is 8.24. The molecule has 1 aliphatic heterocycles. The van der Waals surface area contributed by atoms with E-state index in [9.17, 15) is 40.4 Å². The summed E-state index contributed by atoms with van der Waals surface area (Å²) in [5.74, 6) is -3.02. The summed E-state index contributed by atoms with van der Waals surface area (Å²) in [5, 5.41) is 8.95. The molecule has 0 radical (unpaired) electrons. The Morgan fingerprint density at radius 1 is 1.05 bits per heavy atom. The van der Waals surface area contributed by atoms with Crippen LogP contribution in [0.1, 0.15) is 103 Å². The lowest BCUT2D eigenvalue weighted by molar-refractivity contribution is -0.141. The van der Waals surface area contributed by atoms with Gasteiger partial charge in [0.1, 0.15) is 51.7 Å². The summed E-state index contributed by atoms with van der Waals surface area (Å²) < 4.78 is 95.6. The van der Waals surface area contributed by atoms with Gasteiger partial charge in [-0.1, -0.05) is 48.0 Å². The standard InChI is InChI=1S/C45H54F4N6O7S2/c1-10-25-20-44(25,41(58)54-64(59,60)43(8)15-16-43)53-38(56)33-18-27(21-55(33)40(57)37(42(5,6)7)50-26-11-13-30(46)29(17-26)45(47,48)49)62-35-19-31(39-52-32(22-63-39)23(2)3)51-36-24(4)34(61-9)14-12-28(35)36/h11-14,17,19,22-23,25,27,33,37,50H,10,15-16,18,20-21H2,1-9H3,(H,53,56)(H,54,58)/t25-,27-,33+,37-,44-/m1/s1. The first-order valence-electron chi connectivity index (χ1n) is 21.3. The molecule has 2 aliphatic carbocycles. The Hall–Kier alpha value is -5.04. The van der Waals surface area contributed by atoms with Gasteiger partial charge in [-0.2, -0.15) is 13.2 Å². The van der Waals surface area contributed by atoms with E-state index in [4.69, 9.17) is 19.4 Å². The Morgan fingerprint density at radius 3 is 2.33 bits per heavy atom. The average molecular weight is 931 g/mol. The van der Waals surface area contributed by atoms with Crippen LogP contribution in [0.5, 0.6) is 11.5 Å². The number of likely N-dealkylation sites (tertiary alicyclic amines) is 1. The maximum atomic E-state index is 15.0. The lowest BCUT2D eigenvalue weighted by Gasteiger charge is -2.36. The normalized spacial score (nSPS) is 22.3. The van der Waals surface area contributed by atoms with Crippen LogP contribution in [0.2, 0.25) is 0 Å². The van der Waals surface area contributed by atoms with Crippen molar-refractivity contribution in [1.29, 1.82) is 0 Å². The summed E-state index contributed by atoms with van der Waals surface area (Å²) in [4.78, 5) is 54.6. The minimum absolute atomic E-state index is 0.0862. The predicted molar refractivity (Wildman–Crippen MR) is 235 cm³/mol. The third-order valence-electron chi connectivity index (χ3n) is 12.7. The molecule has 0 spiro atoms. The number of rotatable bonds is 14. The van der Waals surface area contributed by atoms with Crippen molar-refractivity contribution in [3.05, 3.63) is 64.4 Å². The van der Waals surface area contributed by atoms with Crippen molar-refractivity contribution in [3.8, 4) is 22.2 Å². The van der Waals surface area contributed by atoms with Crippen molar-refractivity contribution >= 4 is 55.7 Å². The number of carbonyl (C=O) groups is 3. The lowest BCUT2D eigenvalue weighted by atomic mass is 9.85. The van der Waals surface area contributed by atoms with E-state index in [-0.39, 0.29) is 31.0 Å². The molecular formula is C45H54F4N6O7S2. The number of amides is 3. The van der Waals surface area contributed by atoms with Crippen molar-refractivity contribution in [2.24, 2.45) is 11.3 Å². The molecular weight excluding hydrogens is 877 g/mol. The highest BCUT2D eigenvalue weighted by atomic mass is 32.2. The number of thiazole rings is 1. The number of carbonyl (C=O) groups excluding carboxylic acids is 3. The molecule has 64 heavy (non-hydrogen) atoms. The number of hydrogen-bond donors (Lipinski definition) is 3. The number of sulfonamides is 1. The maximum absolute atomic E-state index is 15.0. The smallest absolute Gasteiger partial charge is 0.419 e. The van der Waals surface area contributed by atoms with Crippen molar-refractivity contribution in [2.75, 3.05) is 19.0 Å². The van der Waals surface area contributed by atoms with E-state index in [1.165, 1.54) is 16.2 Å². The molecule has 3 N–H and O–H groups in total. The number of aryl methyl sites for hydroxylation is 1. The number of halogens is 4. The predicted octanol–water partition coefficient (Wildman–Crippen LogP) is 8.12. The van der Waals surface area contributed by atoms with Crippen LogP contribution < -0.4 is 24.8 Å². The molecule has 7 rings (SSSR count). The number of pyridine rings is 1. The Kier molecular flexibility index (Phi) is 12.3. The molecule has 19 heteroatoms. The number of hydrogen-bond acceptors (Lipinski definition) is 11. The Bertz CT molecular complexity index is 2610. The van der Waals surface area contributed by atoms with Gasteiger partial charge in [-0.05, 0) is 80.7 Å². The molecule has 4 aromatic rings. The minimum Gasteiger partial charge on any atom is -0.496 e. The molecule has 346 valence electrons. The fourth-order valence-corrected chi connectivity index (χ4v) is 10.5. The lowest BCUT2D eigenvalue weighted by Crippen LogP contribution is -2.59. The molecule has 0 bridgehead atoms. The van der Waals surface area contributed by atoms with Crippen molar-refractivity contribution in [2.45, 2.75) is 128 Å². The van der Waals surface area contributed by atoms with Gasteiger partial charge < -0.3 is 25.0 Å². The molecule has 13 nitrogen and oxygen atoms in total. The maximum Gasteiger partial charge on any atom is 0.419 e. The van der Waals surface area contributed by atoms with E-state index in [1.807, 2.05) is 33.1 Å². The monoisotopic (exact) mass is 930 g/mol. The Balaban J connectivity index is 1.26. The van der Waals surface area contributed by atoms with Gasteiger partial charge in [0.2, 0.25) is 21.8 Å². The first-order chi connectivity index (χ1) is 29.8. The molecule has 1 saturated heterocycles.